The van der Waals surface area contributed by atoms with E-state index in [1.165, 1.54) is 12.3 Å². The second kappa shape index (κ2) is 4.28. The van der Waals surface area contributed by atoms with E-state index in [-0.39, 0.29) is 5.69 Å². The molecular formula is C11H12NO2Si-. The van der Waals surface area contributed by atoms with Crippen LogP contribution in [0.25, 0.3) is 0 Å². The summed E-state index contributed by atoms with van der Waals surface area (Å²) in [7, 11) is -1.39. The molecule has 0 aliphatic carbocycles. The lowest BCUT2D eigenvalue weighted by atomic mass is 10.2. The highest BCUT2D eigenvalue weighted by molar-refractivity contribution is 6.83. The van der Waals surface area contributed by atoms with Crippen molar-refractivity contribution in [3.63, 3.8) is 0 Å². The fourth-order valence-electron chi connectivity index (χ4n) is 0.848. The number of carbonyl (C=O) groups excluding carboxylic acids is 1. The average molecular weight is 218 g/mol. The molecule has 0 aliphatic rings. The van der Waals surface area contributed by atoms with Crippen LogP contribution in [-0.2, 0) is 0 Å². The third kappa shape index (κ3) is 3.96. The Labute approximate surface area is 90.2 Å². The fourth-order valence-corrected chi connectivity index (χ4v) is 1.37. The summed E-state index contributed by atoms with van der Waals surface area (Å²) in [6.45, 7) is 6.43. The first kappa shape index (κ1) is 11.5. The van der Waals surface area contributed by atoms with Gasteiger partial charge in [0.2, 0.25) is 0 Å². The summed E-state index contributed by atoms with van der Waals surface area (Å²) < 4.78 is 0. The number of carboxylic acids is 1. The highest BCUT2D eigenvalue weighted by atomic mass is 28.3. The van der Waals surface area contributed by atoms with Crippen molar-refractivity contribution < 1.29 is 9.90 Å². The van der Waals surface area contributed by atoms with Gasteiger partial charge < -0.3 is 9.90 Å². The molecule has 0 radical (unpaired) electrons. The van der Waals surface area contributed by atoms with Crippen LogP contribution in [0.1, 0.15) is 16.1 Å². The van der Waals surface area contributed by atoms with Crippen LogP contribution in [0.5, 0.6) is 0 Å². The van der Waals surface area contributed by atoms with Crippen molar-refractivity contribution in [2.75, 3.05) is 0 Å². The largest absolute Gasteiger partial charge is 0.543 e. The number of rotatable bonds is 1. The summed E-state index contributed by atoms with van der Waals surface area (Å²) >= 11 is 0. The molecule has 1 aromatic rings. The normalized spacial score (nSPS) is 10.3. The Bertz CT molecular complexity index is 421. The lowest BCUT2D eigenvalue weighted by Crippen LogP contribution is -2.23. The van der Waals surface area contributed by atoms with E-state index >= 15 is 0 Å². The number of pyridine rings is 1. The highest BCUT2D eigenvalue weighted by Crippen LogP contribution is 2.01. The van der Waals surface area contributed by atoms with Gasteiger partial charge in [0, 0.05) is 11.8 Å². The van der Waals surface area contributed by atoms with Gasteiger partial charge in [0.25, 0.3) is 0 Å². The van der Waals surface area contributed by atoms with E-state index in [0.29, 0.717) is 0 Å². The Balaban J connectivity index is 2.89. The molecule has 4 heteroatoms. The Morgan fingerprint density at radius 3 is 2.47 bits per heavy atom. The summed E-state index contributed by atoms with van der Waals surface area (Å²) in [5, 5.41) is 10.4. The smallest absolute Gasteiger partial charge is 0.129 e. The van der Waals surface area contributed by atoms with Crippen LogP contribution in [0.4, 0.5) is 0 Å². The van der Waals surface area contributed by atoms with Crippen LogP contribution in [0.2, 0.25) is 19.6 Å². The minimum Gasteiger partial charge on any atom is -0.543 e. The van der Waals surface area contributed by atoms with Crippen LogP contribution in [-0.4, -0.2) is 19.0 Å². The predicted octanol–water partition coefficient (Wildman–Crippen LogP) is 0.674. The minimum atomic E-state index is -1.39. The Morgan fingerprint density at radius 1 is 1.40 bits per heavy atom. The van der Waals surface area contributed by atoms with Gasteiger partial charge >= 0.3 is 0 Å². The van der Waals surface area contributed by atoms with Gasteiger partial charge in [0.05, 0.1) is 11.7 Å². The van der Waals surface area contributed by atoms with Crippen molar-refractivity contribution in [3.05, 3.63) is 29.6 Å². The van der Waals surface area contributed by atoms with Crippen LogP contribution in [0, 0.1) is 11.5 Å². The van der Waals surface area contributed by atoms with E-state index in [9.17, 15) is 9.90 Å². The molecule has 0 fully saturated rings. The van der Waals surface area contributed by atoms with Crippen molar-refractivity contribution in [2.24, 2.45) is 0 Å². The van der Waals surface area contributed by atoms with Crippen molar-refractivity contribution in [1.82, 2.24) is 4.98 Å². The van der Waals surface area contributed by atoms with Crippen molar-refractivity contribution >= 4 is 14.0 Å². The second-order valence-electron chi connectivity index (χ2n) is 4.22. The number of nitrogens with zero attached hydrogens (tertiary/aromatic N) is 1. The van der Waals surface area contributed by atoms with E-state index in [1.807, 2.05) is 0 Å². The molecule has 0 unspecified atom stereocenters. The van der Waals surface area contributed by atoms with Crippen LogP contribution >= 0.6 is 0 Å². The fraction of sp³-hybridized carbons (Fsp3) is 0.273. The lowest BCUT2D eigenvalue weighted by molar-refractivity contribution is -0.255. The molecular weight excluding hydrogens is 206 g/mol. The summed E-state index contributed by atoms with van der Waals surface area (Å²) in [6, 6.07) is 3.05. The quantitative estimate of drug-likeness (QED) is 0.514. The van der Waals surface area contributed by atoms with Crippen molar-refractivity contribution in [1.29, 1.82) is 0 Å². The van der Waals surface area contributed by atoms with E-state index in [1.54, 1.807) is 6.07 Å². The molecule has 0 aliphatic heterocycles. The maximum Gasteiger partial charge on any atom is 0.129 e. The standard InChI is InChI=1S/C11H13NO2Si/c1-15(2,3)7-6-9-4-5-10(11(13)14)12-8-9/h4-5,8H,1-3H3,(H,13,14)/p-1. The van der Waals surface area contributed by atoms with Gasteiger partial charge in [-0.25, -0.2) is 0 Å². The maximum atomic E-state index is 10.4. The monoisotopic (exact) mass is 218 g/mol. The molecule has 0 saturated carbocycles. The molecule has 0 aromatic carbocycles. The number of aromatic carboxylic acids is 1. The second-order valence-corrected chi connectivity index (χ2v) is 8.97. The molecule has 1 heterocycles. The van der Waals surface area contributed by atoms with E-state index in [0.717, 1.165) is 5.56 Å². The third-order valence-electron chi connectivity index (χ3n) is 1.55. The molecule has 0 saturated heterocycles. The van der Waals surface area contributed by atoms with Crippen LogP contribution < -0.4 is 5.11 Å². The molecule has 78 valence electrons. The number of carboxylic acid groups (broad SMARTS) is 1. The summed E-state index contributed by atoms with van der Waals surface area (Å²) in [5.41, 5.74) is 3.85. The van der Waals surface area contributed by atoms with Gasteiger partial charge in [-0.3, -0.25) is 4.98 Å². The average Bonchev–Trinajstić information content (AvgIpc) is 2.14. The van der Waals surface area contributed by atoms with Crippen molar-refractivity contribution in [3.8, 4) is 11.5 Å². The summed E-state index contributed by atoms with van der Waals surface area (Å²) in [5.74, 6) is 1.72. The Hall–Kier alpha value is -1.60. The number of aromatic nitrogens is 1. The Morgan fingerprint density at radius 2 is 2.07 bits per heavy atom. The highest BCUT2D eigenvalue weighted by Gasteiger charge is 2.07. The molecule has 1 aromatic heterocycles. The molecule has 0 amide bonds. The van der Waals surface area contributed by atoms with Gasteiger partial charge in [-0.2, -0.15) is 0 Å². The topological polar surface area (TPSA) is 53.0 Å². The van der Waals surface area contributed by atoms with Gasteiger partial charge in [-0.15, -0.1) is 5.54 Å². The van der Waals surface area contributed by atoms with E-state index in [2.05, 4.69) is 36.1 Å². The Kier molecular flexibility index (Phi) is 3.27. The molecule has 1 rings (SSSR count). The van der Waals surface area contributed by atoms with Gasteiger partial charge in [-0.05, 0) is 12.1 Å². The molecule has 3 nitrogen and oxygen atoms in total. The van der Waals surface area contributed by atoms with Crippen molar-refractivity contribution in [2.45, 2.75) is 19.6 Å². The predicted molar refractivity (Wildman–Crippen MR) is 58.8 cm³/mol. The molecule has 0 spiro atoms. The molecule has 0 atom stereocenters. The number of hydrogen-bond acceptors (Lipinski definition) is 3. The lowest BCUT2D eigenvalue weighted by Gasteiger charge is -2.03. The first-order valence-electron chi connectivity index (χ1n) is 4.59. The zero-order valence-corrected chi connectivity index (χ0v) is 10.00. The first-order valence-corrected chi connectivity index (χ1v) is 8.09. The number of hydrogen-bond donors (Lipinski definition) is 0. The van der Waals surface area contributed by atoms with Gasteiger partial charge in [0.1, 0.15) is 8.07 Å². The van der Waals surface area contributed by atoms with E-state index in [4.69, 9.17) is 0 Å². The minimum absolute atomic E-state index is 0.0615. The molecule has 0 bridgehead atoms. The van der Waals surface area contributed by atoms with Gasteiger partial charge in [-0.1, -0.05) is 25.6 Å². The number of carbonyl (C=O) groups is 1. The van der Waals surface area contributed by atoms with Gasteiger partial charge in [0.15, 0.2) is 0 Å². The summed E-state index contributed by atoms with van der Waals surface area (Å²) in [4.78, 5) is 14.2. The van der Waals surface area contributed by atoms with Crippen LogP contribution in [0.15, 0.2) is 18.3 Å². The SMILES string of the molecule is C[Si](C)(C)C#Cc1ccc(C(=O)[O-])nc1. The third-order valence-corrected chi connectivity index (χ3v) is 2.43. The molecule has 0 N–H and O–H groups in total. The maximum absolute atomic E-state index is 10.4. The first-order chi connectivity index (χ1) is 6.88. The summed E-state index contributed by atoms with van der Waals surface area (Å²) in [6.07, 6.45) is 1.46. The van der Waals surface area contributed by atoms with E-state index < -0.39 is 14.0 Å². The van der Waals surface area contributed by atoms with Crippen LogP contribution in [0.3, 0.4) is 0 Å². The molecule has 15 heavy (non-hydrogen) atoms. The zero-order chi connectivity index (χ0) is 11.5. The zero-order valence-electron chi connectivity index (χ0n) is 9.00.